The number of aliphatic hydroxyl groups is 1. The molecule has 0 heterocycles. The van der Waals surface area contributed by atoms with Crippen molar-refractivity contribution >= 4 is 5.97 Å². The first kappa shape index (κ1) is 48.6. The topological polar surface area (TPSA) is 55.8 Å². The predicted octanol–water partition coefficient (Wildman–Crippen LogP) is 14.5. The van der Waals surface area contributed by atoms with Gasteiger partial charge in [0.05, 0.1) is 13.2 Å². The highest BCUT2D eigenvalue weighted by Gasteiger charge is 2.13. The number of carbonyl (C=O) groups is 1. The first-order valence-electron chi connectivity index (χ1n) is 22.1. The van der Waals surface area contributed by atoms with Crippen molar-refractivity contribution in [3.8, 4) is 0 Å². The Bertz CT molecular complexity index is 742. The number of allylic oxidation sites excluding steroid dienone is 6. The minimum absolute atomic E-state index is 0.174. The number of carbonyl (C=O) groups excluding carboxylic acids is 1. The Balaban J connectivity index is 3.40. The summed E-state index contributed by atoms with van der Waals surface area (Å²) in [5, 5.41) is 9.60. The third-order valence-electron chi connectivity index (χ3n) is 9.69. The molecule has 0 bridgehead atoms. The molecule has 0 saturated carbocycles. The Kier molecular flexibility index (Phi) is 42.6. The molecule has 1 N–H and O–H groups in total. The standard InChI is InChI=1S/C46H86O4/c1-3-5-7-9-11-13-15-17-19-20-21-22-23-24-25-26-27-28-30-32-34-36-38-40-42-49-44-45(43-47)50-46(48)41-39-37-35-33-31-29-18-16-14-12-10-8-6-4-2/h15-18,20-21,45,47H,3-14,19,22-44H2,1-2H3/b17-15-,18-16-,21-20-. The number of ether oxygens (including phenoxy) is 2. The van der Waals surface area contributed by atoms with Crippen LogP contribution in [0.3, 0.4) is 0 Å². The van der Waals surface area contributed by atoms with Gasteiger partial charge in [0, 0.05) is 13.0 Å². The van der Waals surface area contributed by atoms with Crippen LogP contribution in [-0.4, -0.2) is 37.0 Å². The van der Waals surface area contributed by atoms with E-state index < -0.39 is 6.10 Å². The lowest BCUT2D eigenvalue weighted by Gasteiger charge is -2.15. The molecule has 4 heteroatoms. The molecule has 0 spiro atoms. The van der Waals surface area contributed by atoms with Gasteiger partial charge in [0.25, 0.3) is 0 Å². The van der Waals surface area contributed by atoms with Crippen LogP contribution >= 0.6 is 0 Å². The van der Waals surface area contributed by atoms with E-state index in [1.54, 1.807) is 0 Å². The van der Waals surface area contributed by atoms with Crippen LogP contribution < -0.4 is 0 Å². The van der Waals surface area contributed by atoms with Gasteiger partial charge >= 0.3 is 5.97 Å². The second-order valence-corrected chi connectivity index (χ2v) is 14.8. The van der Waals surface area contributed by atoms with Gasteiger partial charge in [0.2, 0.25) is 0 Å². The average Bonchev–Trinajstić information content (AvgIpc) is 3.12. The van der Waals surface area contributed by atoms with Gasteiger partial charge in [-0.2, -0.15) is 0 Å². The molecule has 0 aliphatic rings. The van der Waals surface area contributed by atoms with Crippen LogP contribution in [0.25, 0.3) is 0 Å². The van der Waals surface area contributed by atoms with E-state index in [9.17, 15) is 9.90 Å². The number of esters is 1. The second kappa shape index (κ2) is 43.8. The molecular weight excluding hydrogens is 617 g/mol. The van der Waals surface area contributed by atoms with E-state index in [1.165, 1.54) is 180 Å². The van der Waals surface area contributed by atoms with Gasteiger partial charge < -0.3 is 14.6 Å². The monoisotopic (exact) mass is 703 g/mol. The Labute approximate surface area is 312 Å². The molecule has 1 unspecified atom stereocenters. The molecule has 0 aliphatic heterocycles. The summed E-state index contributed by atoms with van der Waals surface area (Å²) in [6, 6.07) is 0. The summed E-state index contributed by atoms with van der Waals surface area (Å²) < 4.78 is 11.2. The Hall–Kier alpha value is -1.39. The predicted molar refractivity (Wildman–Crippen MR) is 219 cm³/mol. The fraction of sp³-hybridized carbons (Fsp3) is 0.848. The van der Waals surface area contributed by atoms with Crippen molar-refractivity contribution in [1.82, 2.24) is 0 Å². The molecule has 4 nitrogen and oxygen atoms in total. The van der Waals surface area contributed by atoms with Crippen LogP contribution in [0.2, 0.25) is 0 Å². The fourth-order valence-electron chi connectivity index (χ4n) is 6.35. The van der Waals surface area contributed by atoms with Crippen molar-refractivity contribution < 1.29 is 19.4 Å². The lowest BCUT2D eigenvalue weighted by atomic mass is 10.0. The van der Waals surface area contributed by atoms with Gasteiger partial charge in [-0.1, -0.05) is 185 Å². The maximum absolute atomic E-state index is 12.2. The zero-order valence-corrected chi connectivity index (χ0v) is 33.7. The van der Waals surface area contributed by atoms with Crippen LogP contribution in [0.4, 0.5) is 0 Å². The lowest BCUT2D eigenvalue weighted by Crippen LogP contribution is -2.27. The van der Waals surface area contributed by atoms with Crippen molar-refractivity contribution in [2.75, 3.05) is 19.8 Å². The fourth-order valence-corrected chi connectivity index (χ4v) is 6.35. The quantitative estimate of drug-likeness (QED) is 0.0391. The third-order valence-corrected chi connectivity index (χ3v) is 9.69. The highest BCUT2D eigenvalue weighted by molar-refractivity contribution is 5.69. The zero-order valence-electron chi connectivity index (χ0n) is 33.7. The molecule has 0 aromatic heterocycles. The normalized spacial score (nSPS) is 12.6. The Morgan fingerprint density at radius 1 is 0.480 bits per heavy atom. The van der Waals surface area contributed by atoms with Gasteiger partial charge in [-0.3, -0.25) is 4.79 Å². The number of hydrogen-bond acceptors (Lipinski definition) is 4. The maximum atomic E-state index is 12.2. The summed E-state index contributed by atoms with van der Waals surface area (Å²) in [7, 11) is 0. The van der Waals surface area contributed by atoms with Gasteiger partial charge in [0.1, 0.15) is 6.10 Å². The number of rotatable bonds is 41. The van der Waals surface area contributed by atoms with E-state index in [-0.39, 0.29) is 12.6 Å². The van der Waals surface area contributed by atoms with Crippen molar-refractivity contribution in [1.29, 1.82) is 0 Å². The summed E-state index contributed by atoms with van der Waals surface area (Å²) in [6.45, 7) is 5.33. The smallest absolute Gasteiger partial charge is 0.306 e. The van der Waals surface area contributed by atoms with Crippen LogP contribution in [0.1, 0.15) is 226 Å². The van der Waals surface area contributed by atoms with E-state index in [0.717, 1.165) is 25.7 Å². The van der Waals surface area contributed by atoms with Crippen LogP contribution in [-0.2, 0) is 14.3 Å². The maximum Gasteiger partial charge on any atom is 0.306 e. The highest BCUT2D eigenvalue weighted by Crippen LogP contribution is 2.14. The van der Waals surface area contributed by atoms with Crippen LogP contribution in [0.15, 0.2) is 36.5 Å². The van der Waals surface area contributed by atoms with Gasteiger partial charge in [-0.25, -0.2) is 0 Å². The van der Waals surface area contributed by atoms with Gasteiger partial charge in [-0.15, -0.1) is 0 Å². The summed E-state index contributed by atoms with van der Waals surface area (Å²) in [4.78, 5) is 12.2. The molecule has 0 radical (unpaired) electrons. The van der Waals surface area contributed by atoms with Crippen molar-refractivity contribution in [2.24, 2.45) is 0 Å². The molecule has 1 atom stereocenters. The molecule has 0 amide bonds. The molecule has 0 rings (SSSR count). The van der Waals surface area contributed by atoms with Crippen molar-refractivity contribution in [2.45, 2.75) is 232 Å². The third kappa shape index (κ3) is 41.0. The summed E-state index contributed by atoms with van der Waals surface area (Å²) in [6.07, 6.45) is 54.9. The molecule has 50 heavy (non-hydrogen) atoms. The molecular formula is C46H86O4. The van der Waals surface area contributed by atoms with E-state index in [0.29, 0.717) is 19.6 Å². The van der Waals surface area contributed by atoms with Crippen LogP contribution in [0.5, 0.6) is 0 Å². The Morgan fingerprint density at radius 2 is 0.840 bits per heavy atom. The van der Waals surface area contributed by atoms with Gasteiger partial charge in [-0.05, 0) is 70.6 Å². The minimum Gasteiger partial charge on any atom is -0.457 e. The Morgan fingerprint density at radius 3 is 1.26 bits per heavy atom. The van der Waals surface area contributed by atoms with Gasteiger partial charge in [0.15, 0.2) is 0 Å². The average molecular weight is 703 g/mol. The van der Waals surface area contributed by atoms with E-state index in [2.05, 4.69) is 50.3 Å². The number of hydrogen-bond donors (Lipinski definition) is 1. The second-order valence-electron chi connectivity index (χ2n) is 14.8. The summed E-state index contributed by atoms with van der Waals surface area (Å²) in [5.74, 6) is -0.209. The molecule has 0 aliphatic carbocycles. The lowest BCUT2D eigenvalue weighted by molar-refractivity contribution is -0.154. The number of aliphatic hydroxyl groups excluding tert-OH is 1. The summed E-state index contributed by atoms with van der Waals surface area (Å²) in [5.41, 5.74) is 0. The van der Waals surface area contributed by atoms with Crippen molar-refractivity contribution in [3.05, 3.63) is 36.5 Å². The van der Waals surface area contributed by atoms with Crippen LogP contribution in [0, 0.1) is 0 Å². The highest BCUT2D eigenvalue weighted by atomic mass is 16.6. The van der Waals surface area contributed by atoms with E-state index in [1.807, 2.05) is 0 Å². The largest absolute Gasteiger partial charge is 0.457 e. The van der Waals surface area contributed by atoms with Crippen molar-refractivity contribution in [3.63, 3.8) is 0 Å². The van der Waals surface area contributed by atoms with E-state index in [4.69, 9.17) is 9.47 Å². The van der Waals surface area contributed by atoms with E-state index >= 15 is 0 Å². The summed E-state index contributed by atoms with van der Waals surface area (Å²) >= 11 is 0. The molecule has 0 saturated heterocycles. The minimum atomic E-state index is -0.537. The molecule has 294 valence electrons. The zero-order chi connectivity index (χ0) is 36.3. The molecule has 0 fully saturated rings. The first-order valence-corrected chi connectivity index (χ1v) is 22.1. The first-order chi connectivity index (χ1) is 24.7. The molecule has 0 aromatic rings. The molecule has 0 aromatic carbocycles. The number of unbranched alkanes of at least 4 members (excludes halogenated alkanes) is 27. The SMILES string of the molecule is CCCCCCC/C=C\C/C=C\CCCCCCCCCCCCCCOCC(CO)OC(=O)CCCCCCC/C=C\CCCCCCC.